The van der Waals surface area contributed by atoms with E-state index < -0.39 is 28.7 Å². The minimum atomic E-state index is -0.923. The number of rotatable bonds is 6. The number of amides is 4. The largest absolute Gasteiger partial charge is 0.497 e. The molecule has 1 saturated heterocycles. The fourth-order valence-electron chi connectivity index (χ4n) is 3.37. The van der Waals surface area contributed by atoms with Gasteiger partial charge in [0.15, 0.2) is 0 Å². The van der Waals surface area contributed by atoms with Gasteiger partial charge >= 0.3 is 12.0 Å². The zero-order chi connectivity index (χ0) is 25.8. The van der Waals surface area contributed by atoms with Gasteiger partial charge in [-0.05, 0) is 36.4 Å². The molecule has 0 aromatic heterocycles. The minimum absolute atomic E-state index is 0.0267. The number of para-hydroxylation sites is 1. The lowest BCUT2D eigenvalue weighted by atomic mass is 10.1. The highest BCUT2D eigenvalue weighted by Gasteiger charge is 2.37. The van der Waals surface area contributed by atoms with Crippen molar-refractivity contribution in [1.29, 1.82) is 0 Å². The van der Waals surface area contributed by atoms with E-state index in [0.717, 1.165) is 4.90 Å². The molecule has 1 aliphatic heterocycles. The molecule has 3 aromatic carbocycles. The van der Waals surface area contributed by atoms with Crippen molar-refractivity contribution in [2.75, 3.05) is 12.0 Å². The van der Waals surface area contributed by atoms with Crippen LogP contribution >= 0.6 is 0 Å². The fraction of sp³-hybridized carbons (Fsp3) is 0.0400. The SMILES string of the molecule is COc1cccc(N2C(=O)NC(=O)C(=Cc3ccccc3OC(=O)c3ccc([N+](=O)[O-])cc3)C2=O)c1. The Morgan fingerprint density at radius 2 is 1.72 bits per heavy atom. The first-order valence-corrected chi connectivity index (χ1v) is 10.4. The predicted octanol–water partition coefficient (Wildman–Crippen LogP) is 3.49. The summed E-state index contributed by atoms with van der Waals surface area (Å²) in [4.78, 5) is 61.7. The molecule has 1 fully saturated rings. The Morgan fingerprint density at radius 3 is 2.42 bits per heavy atom. The standard InChI is InChI=1S/C25H17N3O8/c1-35-19-7-4-6-18(14-19)27-23(30)20(22(29)26-25(27)32)13-16-5-2-3-8-21(16)36-24(31)15-9-11-17(12-10-15)28(33)34/h2-14H,1H3,(H,26,29,32). The molecule has 0 bridgehead atoms. The van der Waals surface area contributed by atoms with Gasteiger partial charge in [-0.15, -0.1) is 0 Å². The third-order valence-corrected chi connectivity index (χ3v) is 5.15. The smallest absolute Gasteiger partial charge is 0.343 e. The third-order valence-electron chi connectivity index (χ3n) is 5.15. The maximum atomic E-state index is 13.2. The number of nitrogens with one attached hydrogen (secondary N) is 1. The van der Waals surface area contributed by atoms with Crippen LogP contribution in [0.4, 0.5) is 16.2 Å². The van der Waals surface area contributed by atoms with Crippen LogP contribution in [0.2, 0.25) is 0 Å². The number of non-ortho nitro benzene ring substituents is 1. The lowest BCUT2D eigenvalue weighted by Gasteiger charge is -2.26. The summed E-state index contributed by atoms with van der Waals surface area (Å²) in [5.74, 6) is -2.17. The minimum Gasteiger partial charge on any atom is -0.497 e. The number of methoxy groups -OCH3 is 1. The van der Waals surface area contributed by atoms with E-state index in [0.29, 0.717) is 5.75 Å². The number of barbiturate groups is 1. The Balaban J connectivity index is 1.64. The zero-order valence-electron chi connectivity index (χ0n) is 18.7. The van der Waals surface area contributed by atoms with Crippen LogP contribution in [0.1, 0.15) is 15.9 Å². The number of nitro benzene ring substituents is 1. The number of urea groups is 1. The van der Waals surface area contributed by atoms with E-state index in [9.17, 15) is 29.3 Å². The van der Waals surface area contributed by atoms with Crippen LogP contribution in [0.15, 0.2) is 78.4 Å². The molecule has 0 aliphatic carbocycles. The van der Waals surface area contributed by atoms with E-state index in [1.54, 1.807) is 24.3 Å². The highest BCUT2D eigenvalue weighted by molar-refractivity contribution is 6.39. The summed E-state index contributed by atoms with van der Waals surface area (Å²) in [6, 6.07) is 16.2. The van der Waals surface area contributed by atoms with Crippen molar-refractivity contribution >= 4 is 41.3 Å². The number of anilines is 1. The number of nitro groups is 1. The molecule has 0 spiro atoms. The van der Waals surface area contributed by atoms with E-state index in [1.807, 2.05) is 0 Å². The fourth-order valence-corrected chi connectivity index (χ4v) is 3.37. The summed E-state index contributed by atoms with van der Waals surface area (Å²) in [6.45, 7) is 0. The first-order valence-electron chi connectivity index (χ1n) is 10.4. The average Bonchev–Trinajstić information content (AvgIpc) is 2.87. The first kappa shape index (κ1) is 23.8. The van der Waals surface area contributed by atoms with Gasteiger partial charge in [0.2, 0.25) is 0 Å². The number of hydrogen-bond donors (Lipinski definition) is 1. The summed E-state index contributed by atoms with van der Waals surface area (Å²) in [5.41, 5.74) is -0.0893. The number of carbonyl (C=O) groups is 4. The molecule has 36 heavy (non-hydrogen) atoms. The Bertz CT molecular complexity index is 1430. The number of imide groups is 2. The van der Waals surface area contributed by atoms with Crippen molar-refractivity contribution in [2.24, 2.45) is 0 Å². The normalized spacial score (nSPS) is 14.4. The van der Waals surface area contributed by atoms with Crippen molar-refractivity contribution in [3.63, 3.8) is 0 Å². The van der Waals surface area contributed by atoms with Gasteiger partial charge in [0, 0.05) is 23.8 Å². The summed E-state index contributed by atoms with van der Waals surface area (Å²) >= 11 is 0. The maximum Gasteiger partial charge on any atom is 0.343 e. The summed E-state index contributed by atoms with van der Waals surface area (Å²) in [7, 11) is 1.43. The Hall–Kier alpha value is -5.32. The van der Waals surface area contributed by atoms with Gasteiger partial charge in [-0.2, -0.15) is 0 Å². The molecule has 0 radical (unpaired) electrons. The van der Waals surface area contributed by atoms with Crippen LogP contribution in [-0.4, -0.2) is 35.8 Å². The Labute approximate surface area is 203 Å². The average molecular weight is 487 g/mol. The van der Waals surface area contributed by atoms with Crippen LogP contribution in [0.25, 0.3) is 6.08 Å². The predicted molar refractivity (Wildman–Crippen MR) is 126 cm³/mol. The summed E-state index contributed by atoms with van der Waals surface area (Å²) < 4.78 is 10.5. The number of carbonyl (C=O) groups excluding carboxylic acids is 4. The van der Waals surface area contributed by atoms with E-state index in [1.165, 1.54) is 61.7 Å². The number of ether oxygens (including phenoxy) is 2. The molecule has 0 saturated carbocycles. The molecule has 4 amide bonds. The molecular weight excluding hydrogens is 470 g/mol. The van der Waals surface area contributed by atoms with Gasteiger partial charge in [-0.3, -0.25) is 25.0 Å². The molecule has 0 unspecified atom stereocenters. The van der Waals surface area contributed by atoms with Gasteiger partial charge < -0.3 is 9.47 Å². The number of hydrogen-bond acceptors (Lipinski definition) is 8. The van der Waals surface area contributed by atoms with Crippen LogP contribution in [0.5, 0.6) is 11.5 Å². The first-order chi connectivity index (χ1) is 17.3. The van der Waals surface area contributed by atoms with E-state index in [2.05, 4.69) is 5.32 Å². The van der Waals surface area contributed by atoms with Crippen molar-refractivity contribution < 1.29 is 33.6 Å². The van der Waals surface area contributed by atoms with E-state index in [-0.39, 0.29) is 33.8 Å². The van der Waals surface area contributed by atoms with Crippen molar-refractivity contribution in [3.05, 3.63) is 99.6 Å². The molecule has 0 atom stereocenters. The highest BCUT2D eigenvalue weighted by atomic mass is 16.6. The second-order valence-electron chi connectivity index (χ2n) is 7.39. The summed E-state index contributed by atoms with van der Waals surface area (Å²) in [5, 5.41) is 12.9. The molecule has 180 valence electrons. The monoisotopic (exact) mass is 487 g/mol. The molecule has 1 heterocycles. The topological polar surface area (TPSA) is 145 Å². The molecular formula is C25H17N3O8. The van der Waals surface area contributed by atoms with Crippen molar-refractivity contribution in [3.8, 4) is 11.5 Å². The molecule has 11 nitrogen and oxygen atoms in total. The number of benzene rings is 3. The second-order valence-corrected chi connectivity index (χ2v) is 7.39. The van der Waals surface area contributed by atoms with Crippen LogP contribution in [-0.2, 0) is 9.59 Å². The summed E-state index contributed by atoms with van der Waals surface area (Å²) in [6.07, 6.45) is 1.20. The Morgan fingerprint density at radius 1 is 1.00 bits per heavy atom. The molecule has 3 aromatic rings. The lowest BCUT2D eigenvalue weighted by molar-refractivity contribution is -0.384. The van der Waals surface area contributed by atoms with Gasteiger partial charge in [0.1, 0.15) is 17.1 Å². The van der Waals surface area contributed by atoms with E-state index in [4.69, 9.17) is 9.47 Å². The van der Waals surface area contributed by atoms with Crippen molar-refractivity contribution in [2.45, 2.75) is 0 Å². The van der Waals surface area contributed by atoms with Crippen LogP contribution in [0.3, 0.4) is 0 Å². The second kappa shape index (κ2) is 9.89. The van der Waals surface area contributed by atoms with Crippen LogP contribution < -0.4 is 19.7 Å². The third kappa shape index (κ3) is 4.80. The van der Waals surface area contributed by atoms with Gasteiger partial charge in [0.25, 0.3) is 17.5 Å². The maximum absolute atomic E-state index is 13.2. The zero-order valence-corrected chi connectivity index (χ0v) is 18.7. The van der Waals surface area contributed by atoms with E-state index >= 15 is 0 Å². The molecule has 1 N–H and O–H groups in total. The van der Waals surface area contributed by atoms with Gasteiger partial charge in [0.05, 0.1) is 23.3 Å². The van der Waals surface area contributed by atoms with Crippen LogP contribution in [0, 0.1) is 10.1 Å². The van der Waals surface area contributed by atoms with Crippen molar-refractivity contribution in [1.82, 2.24) is 5.32 Å². The lowest BCUT2D eigenvalue weighted by Crippen LogP contribution is -2.54. The highest BCUT2D eigenvalue weighted by Crippen LogP contribution is 2.28. The number of nitrogens with zero attached hydrogens (tertiary/aromatic N) is 2. The number of esters is 1. The molecule has 1 aliphatic rings. The van der Waals surface area contributed by atoms with Gasteiger partial charge in [-0.25, -0.2) is 14.5 Å². The quantitative estimate of drug-likeness (QED) is 0.139. The molecule has 11 heteroatoms. The van der Waals surface area contributed by atoms with Gasteiger partial charge in [-0.1, -0.05) is 24.3 Å². The molecule has 4 rings (SSSR count). The Kier molecular flexibility index (Phi) is 6.55.